The van der Waals surface area contributed by atoms with E-state index < -0.39 is 10.0 Å². The van der Waals surface area contributed by atoms with Gasteiger partial charge in [0.05, 0.1) is 23.4 Å². The maximum absolute atomic E-state index is 12.8. The molecule has 1 amide bonds. The number of ether oxygens (including phenoxy) is 1. The molecule has 1 saturated heterocycles. The summed E-state index contributed by atoms with van der Waals surface area (Å²) in [7, 11) is -3.60. The quantitative estimate of drug-likeness (QED) is 0.883. The number of nitrogens with zero attached hydrogens (tertiary/aromatic N) is 1. The van der Waals surface area contributed by atoms with E-state index >= 15 is 0 Å². The van der Waals surface area contributed by atoms with Gasteiger partial charge in [0.25, 0.3) is 5.91 Å². The van der Waals surface area contributed by atoms with E-state index in [1.807, 2.05) is 13.8 Å². The highest BCUT2D eigenvalue weighted by Gasteiger charge is 2.32. The van der Waals surface area contributed by atoms with Gasteiger partial charge in [0.2, 0.25) is 10.0 Å². The first kappa shape index (κ1) is 18.6. The molecule has 3 rings (SSSR count). The first-order chi connectivity index (χ1) is 12.3. The predicted octanol–water partition coefficient (Wildman–Crippen LogP) is 2.64. The van der Waals surface area contributed by atoms with Crippen LogP contribution in [-0.2, 0) is 14.8 Å². The van der Waals surface area contributed by atoms with Gasteiger partial charge in [-0.05, 0) is 51.1 Å². The molecule has 0 radical (unpaired) electrons. The fraction of sp³-hybridized carbons (Fsp3) is 0.389. The minimum absolute atomic E-state index is 0.149. The molecule has 1 N–H and O–H groups in total. The summed E-state index contributed by atoms with van der Waals surface area (Å²) in [6.45, 7) is 6.13. The first-order valence-electron chi connectivity index (χ1n) is 8.38. The number of hydrogen-bond acceptors (Lipinski definition) is 5. The third-order valence-electron chi connectivity index (χ3n) is 4.20. The highest BCUT2D eigenvalue weighted by molar-refractivity contribution is 7.89. The molecular weight excluding hydrogens is 356 g/mol. The van der Waals surface area contributed by atoms with Crippen molar-refractivity contribution in [1.82, 2.24) is 4.31 Å². The van der Waals surface area contributed by atoms with Gasteiger partial charge in [-0.15, -0.1) is 0 Å². The average Bonchev–Trinajstić information content (AvgIpc) is 3.00. The lowest BCUT2D eigenvalue weighted by Crippen LogP contribution is -2.48. The molecule has 26 heavy (non-hydrogen) atoms. The number of carbonyl (C=O) groups excluding carboxylic acids is 1. The third-order valence-corrected chi connectivity index (χ3v) is 6.05. The minimum Gasteiger partial charge on any atom is -0.459 e. The van der Waals surface area contributed by atoms with Crippen LogP contribution in [0.2, 0.25) is 0 Å². The van der Waals surface area contributed by atoms with Crippen LogP contribution >= 0.6 is 0 Å². The molecule has 2 unspecified atom stereocenters. The summed E-state index contributed by atoms with van der Waals surface area (Å²) >= 11 is 0. The average molecular weight is 378 g/mol. The Bertz CT molecular complexity index is 879. The molecule has 140 valence electrons. The molecule has 2 atom stereocenters. The molecule has 1 aliphatic rings. The molecule has 8 heteroatoms. The lowest BCUT2D eigenvalue weighted by Gasteiger charge is -2.34. The molecule has 2 aromatic rings. The maximum Gasteiger partial charge on any atom is 0.291 e. The Balaban J connectivity index is 1.74. The standard InChI is InChI=1S/C18H22N2O5S/c1-12-8-9-24-17(12)18(21)19-15-4-6-16(7-5-15)26(22,23)20-10-13(2)25-14(3)11-20/h4-9,13-14H,10-11H2,1-3H3,(H,19,21). The first-order valence-corrected chi connectivity index (χ1v) is 9.82. The number of amides is 1. The number of hydrogen-bond donors (Lipinski definition) is 1. The number of anilines is 1. The fourth-order valence-corrected chi connectivity index (χ4v) is 4.57. The smallest absolute Gasteiger partial charge is 0.291 e. The molecule has 1 aliphatic heterocycles. The van der Waals surface area contributed by atoms with Crippen LogP contribution in [-0.4, -0.2) is 43.9 Å². The van der Waals surface area contributed by atoms with Gasteiger partial charge in [-0.1, -0.05) is 0 Å². The van der Waals surface area contributed by atoms with Crippen molar-refractivity contribution in [3.05, 3.63) is 47.9 Å². The number of rotatable bonds is 4. The fourth-order valence-electron chi connectivity index (χ4n) is 2.98. The summed E-state index contributed by atoms with van der Waals surface area (Å²) in [5, 5.41) is 2.70. The summed E-state index contributed by atoms with van der Waals surface area (Å²) in [6, 6.07) is 7.82. The van der Waals surface area contributed by atoms with Crippen molar-refractivity contribution < 1.29 is 22.4 Å². The largest absolute Gasteiger partial charge is 0.459 e. The second-order valence-corrected chi connectivity index (χ2v) is 8.43. The number of benzene rings is 1. The minimum atomic E-state index is -3.60. The monoisotopic (exact) mass is 378 g/mol. The molecule has 7 nitrogen and oxygen atoms in total. The van der Waals surface area contributed by atoms with Crippen LogP contribution in [0, 0.1) is 6.92 Å². The second kappa shape index (κ2) is 7.22. The van der Waals surface area contributed by atoms with Gasteiger partial charge in [0.1, 0.15) is 0 Å². The van der Waals surface area contributed by atoms with E-state index in [-0.39, 0.29) is 28.8 Å². The Hall–Kier alpha value is -2.16. The van der Waals surface area contributed by atoms with Crippen LogP contribution < -0.4 is 5.32 Å². The van der Waals surface area contributed by atoms with Crippen LogP contribution in [0.25, 0.3) is 0 Å². The van der Waals surface area contributed by atoms with Crippen LogP contribution in [0.5, 0.6) is 0 Å². The molecule has 1 aromatic heterocycles. The lowest BCUT2D eigenvalue weighted by molar-refractivity contribution is -0.0440. The number of carbonyl (C=O) groups is 1. The molecule has 2 heterocycles. The molecule has 0 saturated carbocycles. The predicted molar refractivity (Wildman–Crippen MR) is 96.6 cm³/mol. The summed E-state index contributed by atoms with van der Waals surface area (Å²) in [4.78, 5) is 12.3. The SMILES string of the molecule is Cc1ccoc1C(=O)Nc1ccc(S(=O)(=O)N2CC(C)OC(C)C2)cc1. The topological polar surface area (TPSA) is 88.8 Å². The molecule has 1 aromatic carbocycles. The van der Waals surface area contributed by atoms with Crippen molar-refractivity contribution >= 4 is 21.6 Å². The van der Waals surface area contributed by atoms with Gasteiger partial charge in [0.15, 0.2) is 5.76 Å². The normalized spacial score (nSPS) is 21.5. The molecule has 0 aliphatic carbocycles. The number of nitrogens with one attached hydrogen (secondary N) is 1. The highest BCUT2D eigenvalue weighted by Crippen LogP contribution is 2.23. The van der Waals surface area contributed by atoms with Crippen molar-refractivity contribution in [2.24, 2.45) is 0 Å². The van der Waals surface area contributed by atoms with Gasteiger partial charge in [-0.2, -0.15) is 4.31 Å². The number of aryl methyl sites for hydroxylation is 1. The van der Waals surface area contributed by atoms with Gasteiger partial charge in [-0.25, -0.2) is 8.42 Å². The number of sulfonamides is 1. The molecule has 0 spiro atoms. The zero-order chi connectivity index (χ0) is 18.9. The number of furan rings is 1. The van der Waals surface area contributed by atoms with Crippen LogP contribution in [0.15, 0.2) is 45.9 Å². The van der Waals surface area contributed by atoms with Crippen molar-refractivity contribution in [3.63, 3.8) is 0 Å². The maximum atomic E-state index is 12.8. The Labute approximate surface area is 153 Å². The third kappa shape index (κ3) is 3.82. The summed E-state index contributed by atoms with van der Waals surface area (Å²) in [5.41, 5.74) is 1.23. The van der Waals surface area contributed by atoms with Gasteiger partial charge in [-0.3, -0.25) is 4.79 Å². The van der Waals surface area contributed by atoms with Gasteiger partial charge in [0, 0.05) is 24.3 Å². The van der Waals surface area contributed by atoms with E-state index in [1.165, 1.54) is 22.7 Å². The van der Waals surface area contributed by atoms with Crippen molar-refractivity contribution in [3.8, 4) is 0 Å². The van der Waals surface area contributed by atoms with E-state index in [0.717, 1.165) is 5.56 Å². The van der Waals surface area contributed by atoms with E-state index in [1.54, 1.807) is 25.1 Å². The van der Waals surface area contributed by atoms with Crippen molar-refractivity contribution in [2.75, 3.05) is 18.4 Å². The van der Waals surface area contributed by atoms with Gasteiger partial charge < -0.3 is 14.5 Å². The van der Waals surface area contributed by atoms with E-state index in [4.69, 9.17) is 9.15 Å². The van der Waals surface area contributed by atoms with Crippen LogP contribution in [0.3, 0.4) is 0 Å². The van der Waals surface area contributed by atoms with Crippen LogP contribution in [0.4, 0.5) is 5.69 Å². The highest BCUT2D eigenvalue weighted by atomic mass is 32.2. The number of morpholine rings is 1. The Kier molecular flexibility index (Phi) is 5.17. The van der Waals surface area contributed by atoms with Crippen molar-refractivity contribution in [1.29, 1.82) is 0 Å². The second-order valence-electron chi connectivity index (χ2n) is 6.49. The lowest BCUT2D eigenvalue weighted by atomic mass is 10.2. The van der Waals surface area contributed by atoms with E-state index in [2.05, 4.69) is 5.32 Å². The van der Waals surface area contributed by atoms with Crippen LogP contribution in [0.1, 0.15) is 30.0 Å². The summed E-state index contributed by atoms with van der Waals surface area (Å²) in [5.74, 6) is -0.142. The van der Waals surface area contributed by atoms with Crippen molar-refractivity contribution in [2.45, 2.75) is 37.9 Å². The summed E-state index contributed by atoms with van der Waals surface area (Å²) < 4.78 is 37.8. The van der Waals surface area contributed by atoms with E-state index in [9.17, 15) is 13.2 Å². The molecule has 1 fully saturated rings. The Morgan fingerprint density at radius 2 is 1.73 bits per heavy atom. The van der Waals surface area contributed by atoms with Gasteiger partial charge >= 0.3 is 0 Å². The Morgan fingerprint density at radius 1 is 1.12 bits per heavy atom. The molecular formula is C18H22N2O5S. The molecule has 0 bridgehead atoms. The zero-order valence-corrected chi connectivity index (χ0v) is 15.7. The summed E-state index contributed by atoms with van der Waals surface area (Å²) in [6.07, 6.45) is 1.15. The zero-order valence-electron chi connectivity index (χ0n) is 14.9. The Morgan fingerprint density at radius 3 is 2.27 bits per heavy atom. The van der Waals surface area contributed by atoms with E-state index in [0.29, 0.717) is 18.8 Å².